The topological polar surface area (TPSA) is 64.9 Å². The standard InChI is InChI=1S/C12H13N3OS/c13-5-9-1-3-10(4-2-9)6-14-12(16)11-7-17-8-15-11/h1-4,11,15H,6-8H2,(H,14,16). The first kappa shape index (κ1) is 12.0. The minimum Gasteiger partial charge on any atom is -0.351 e. The molecular weight excluding hydrogens is 234 g/mol. The van der Waals surface area contributed by atoms with Crippen molar-refractivity contribution in [1.82, 2.24) is 10.6 Å². The molecule has 0 radical (unpaired) electrons. The van der Waals surface area contributed by atoms with E-state index in [0.717, 1.165) is 17.2 Å². The second kappa shape index (κ2) is 5.71. The van der Waals surface area contributed by atoms with Gasteiger partial charge in [-0.05, 0) is 17.7 Å². The molecule has 1 unspecified atom stereocenters. The highest BCUT2D eigenvalue weighted by molar-refractivity contribution is 7.99. The average molecular weight is 247 g/mol. The quantitative estimate of drug-likeness (QED) is 0.830. The van der Waals surface area contributed by atoms with Crippen LogP contribution in [0.3, 0.4) is 0 Å². The van der Waals surface area contributed by atoms with Crippen LogP contribution < -0.4 is 10.6 Å². The Hall–Kier alpha value is -1.51. The summed E-state index contributed by atoms with van der Waals surface area (Å²) in [6, 6.07) is 9.22. The van der Waals surface area contributed by atoms with Gasteiger partial charge in [0.15, 0.2) is 0 Å². The molecule has 2 N–H and O–H groups in total. The van der Waals surface area contributed by atoms with Crippen LogP contribution in [0.25, 0.3) is 0 Å². The van der Waals surface area contributed by atoms with E-state index in [-0.39, 0.29) is 11.9 Å². The fraction of sp³-hybridized carbons (Fsp3) is 0.333. The zero-order valence-electron chi connectivity index (χ0n) is 9.27. The number of nitriles is 1. The van der Waals surface area contributed by atoms with E-state index in [1.807, 2.05) is 12.1 Å². The number of nitrogens with one attached hydrogen (secondary N) is 2. The van der Waals surface area contributed by atoms with Crippen molar-refractivity contribution in [1.29, 1.82) is 5.26 Å². The Labute approximate surface area is 104 Å². The van der Waals surface area contributed by atoms with E-state index >= 15 is 0 Å². The molecule has 88 valence electrons. The molecule has 0 aliphatic carbocycles. The summed E-state index contributed by atoms with van der Waals surface area (Å²) >= 11 is 1.73. The summed E-state index contributed by atoms with van der Waals surface area (Å²) < 4.78 is 0. The predicted molar refractivity (Wildman–Crippen MR) is 67.3 cm³/mol. The summed E-state index contributed by atoms with van der Waals surface area (Å²) in [7, 11) is 0. The summed E-state index contributed by atoms with van der Waals surface area (Å²) in [6.07, 6.45) is 0. The number of carbonyl (C=O) groups excluding carboxylic acids is 1. The number of rotatable bonds is 3. The molecule has 1 saturated heterocycles. The van der Waals surface area contributed by atoms with Crippen LogP contribution in [0.15, 0.2) is 24.3 Å². The van der Waals surface area contributed by atoms with Crippen LogP contribution in [0.5, 0.6) is 0 Å². The monoisotopic (exact) mass is 247 g/mol. The third kappa shape index (κ3) is 3.22. The fourth-order valence-electron chi connectivity index (χ4n) is 1.57. The highest BCUT2D eigenvalue weighted by Gasteiger charge is 2.21. The van der Waals surface area contributed by atoms with Gasteiger partial charge >= 0.3 is 0 Å². The fourth-order valence-corrected chi connectivity index (χ4v) is 2.51. The number of hydrogen-bond donors (Lipinski definition) is 2. The highest BCUT2D eigenvalue weighted by Crippen LogP contribution is 2.09. The van der Waals surface area contributed by atoms with Crippen LogP contribution in [0, 0.1) is 11.3 Å². The summed E-state index contributed by atoms with van der Waals surface area (Å²) in [5.41, 5.74) is 1.64. The predicted octanol–water partition coefficient (Wildman–Crippen LogP) is 0.837. The van der Waals surface area contributed by atoms with Crippen LogP contribution >= 0.6 is 11.8 Å². The third-order valence-electron chi connectivity index (χ3n) is 2.58. The number of nitrogens with zero attached hydrogens (tertiary/aromatic N) is 1. The lowest BCUT2D eigenvalue weighted by Crippen LogP contribution is -2.41. The number of hydrogen-bond acceptors (Lipinski definition) is 4. The Morgan fingerprint density at radius 2 is 2.29 bits per heavy atom. The van der Waals surface area contributed by atoms with Gasteiger partial charge in [-0.25, -0.2) is 0 Å². The Balaban J connectivity index is 1.84. The molecule has 0 spiro atoms. The van der Waals surface area contributed by atoms with Gasteiger partial charge < -0.3 is 5.32 Å². The van der Waals surface area contributed by atoms with Crippen molar-refractivity contribution in [2.24, 2.45) is 0 Å². The number of carbonyl (C=O) groups is 1. The minimum absolute atomic E-state index is 0.0411. The Kier molecular flexibility index (Phi) is 4.02. The maximum Gasteiger partial charge on any atom is 0.238 e. The first-order valence-electron chi connectivity index (χ1n) is 5.37. The maximum absolute atomic E-state index is 11.7. The first-order chi connectivity index (χ1) is 8.29. The van der Waals surface area contributed by atoms with E-state index in [9.17, 15) is 4.79 Å². The SMILES string of the molecule is N#Cc1ccc(CNC(=O)C2CSCN2)cc1. The number of amides is 1. The molecule has 4 nitrogen and oxygen atoms in total. The van der Waals surface area contributed by atoms with Gasteiger partial charge in [-0.1, -0.05) is 12.1 Å². The maximum atomic E-state index is 11.7. The van der Waals surface area contributed by atoms with Crippen LogP contribution in [-0.2, 0) is 11.3 Å². The second-order valence-corrected chi connectivity index (χ2v) is 4.83. The van der Waals surface area contributed by atoms with Crippen LogP contribution in [0.1, 0.15) is 11.1 Å². The molecule has 1 atom stereocenters. The van der Waals surface area contributed by atoms with E-state index in [1.54, 1.807) is 23.9 Å². The largest absolute Gasteiger partial charge is 0.351 e. The van der Waals surface area contributed by atoms with E-state index in [0.29, 0.717) is 12.1 Å². The van der Waals surface area contributed by atoms with Crippen molar-refractivity contribution in [2.45, 2.75) is 12.6 Å². The van der Waals surface area contributed by atoms with Gasteiger partial charge in [0.1, 0.15) is 0 Å². The van der Waals surface area contributed by atoms with Gasteiger partial charge in [0.25, 0.3) is 0 Å². The second-order valence-electron chi connectivity index (χ2n) is 3.80. The summed E-state index contributed by atoms with van der Waals surface area (Å²) in [5.74, 6) is 1.72. The molecule has 17 heavy (non-hydrogen) atoms. The lowest BCUT2D eigenvalue weighted by molar-refractivity contribution is -0.122. The summed E-state index contributed by atoms with van der Waals surface area (Å²) in [4.78, 5) is 11.7. The van der Waals surface area contributed by atoms with Crippen LogP contribution in [-0.4, -0.2) is 23.6 Å². The minimum atomic E-state index is -0.0709. The van der Waals surface area contributed by atoms with Crippen LogP contribution in [0.2, 0.25) is 0 Å². The van der Waals surface area contributed by atoms with E-state index in [2.05, 4.69) is 16.7 Å². The Bertz CT molecular complexity index is 432. The average Bonchev–Trinajstić information content (AvgIpc) is 2.90. The molecule has 1 amide bonds. The van der Waals surface area contributed by atoms with Gasteiger partial charge in [0.2, 0.25) is 5.91 Å². The van der Waals surface area contributed by atoms with Crippen LogP contribution in [0.4, 0.5) is 0 Å². The molecule has 1 aromatic rings. The third-order valence-corrected chi connectivity index (χ3v) is 3.52. The van der Waals surface area contributed by atoms with E-state index < -0.39 is 0 Å². The first-order valence-corrected chi connectivity index (χ1v) is 6.53. The molecular formula is C12H13N3OS. The highest BCUT2D eigenvalue weighted by atomic mass is 32.2. The molecule has 1 fully saturated rings. The lowest BCUT2D eigenvalue weighted by atomic mass is 10.1. The Morgan fingerprint density at radius 3 is 2.88 bits per heavy atom. The van der Waals surface area contributed by atoms with Crippen molar-refractivity contribution in [3.8, 4) is 6.07 Å². The molecule has 0 saturated carbocycles. The number of thioether (sulfide) groups is 1. The zero-order valence-corrected chi connectivity index (χ0v) is 10.1. The van der Waals surface area contributed by atoms with Crippen molar-refractivity contribution < 1.29 is 4.79 Å². The summed E-state index contributed by atoms with van der Waals surface area (Å²) in [6.45, 7) is 0.507. The molecule has 1 heterocycles. The summed E-state index contributed by atoms with van der Waals surface area (Å²) in [5, 5.41) is 14.7. The van der Waals surface area contributed by atoms with Gasteiger partial charge in [-0.2, -0.15) is 5.26 Å². The Morgan fingerprint density at radius 1 is 1.53 bits per heavy atom. The molecule has 1 aliphatic rings. The van der Waals surface area contributed by atoms with Crippen molar-refractivity contribution >= 4 is 17.7 Å². The van der Waals surface area contributed by atoms with E-state index in [4.69, 9.17) is 5.26 Å². The van der Waals surface area contributed by atoms with Gasteiger partial charge in [0, 0.05) is 18.2 Å². The zero-order chi connectivity index (χ0) is 12.1. The van der Waals surface area contributed by atoms with Gasteiger partial charge in [0.05, 0.1) is 17.7 Å². The van der Waals surface area contributed by atoms with Crippen molar-refractivity contribution in [3.63, 3.8) is 0 Å². The molecule has 5 heteroatoms. The normalized spacial score (nSPS) is 18.6. The molecule has 2 rings (SSSR count). The molecule has 1 aliphatic heterocycles. The van der Waals surface area contributed by atoms with Gasteiger partial charge in [-0.15, -0.1) is 11.8 Å². The van der Waals surface area contributed by atoms with Gasteiger partial charge in [-0.3, -0.25) is 10.1 Å². The molecule has 0 bridgehead atoms. The van der Waals surface area contributed by atoms with Crippen molar-refractivity contribution in [3.05, 3.63) is 35.4 Å². The lowest BCUT2D eigenvalue weighted by Gasteiger charge is -2.10. The number of benzene rings is 1. The van der Waals surface area contributed by atoms with E-state index in [1.165, 1.54) is 0 Å². The van der Waals surface area contributed by atoms with Crippen molar-refractivity contribution in [2.75, 3.05) is 11.6 Å². The smallest absolute Gasteiger partial charge is 0.238 e. The molecule has 1 aromatic carbocycles. The molecule has 0 aromatic heterocycles.